The van der Waals surface area contributed by atoms with Gasteiger partial charge in [0.25, 0.3) is 0 Å². The maximum absolute atomic E-state index is 11.5. The molecule has 0 spiro atoms. The highest BCUT2D eigenvalue weighted by Crippen LogP contribution is 2.32. The van der Waals surface area contributed by atoms with Gasteiger partial charge in [-0.15, -0.1) is 0 Å². The third kappa shape index (κ3) is 2.73. The van der Waals surface area contributed by atoms with E-state index in [-0.39, 0.29) is 11.9 Å². The molecule has 1 atom stereocenters. The van der Waals surface area contributed by atoms with Crippen molar-refractivity contribution in [2.75, 3.05) is 7.11 Å². The summed E-state index contributed by atoms with van der Waals surface area (Å²) in [6.07, 6.45) is 0.816. The molecular weight excluding hydrogens is 268 g/mol. The average molecular weight is 283 g/mol. The van der Waals surface area contributed by atoms with Gasteiger partial charge in [0.1, 0.15) is 0 Å². The minimum absolute atomic E-state index is 0.00280. The zero-order valence-corrected chi connectivity index (χ0v) is 11.1. The van der Waals surface area contributed by atoms with Crippen molar-refractivity contribution in [2.24, 2.45) is 0 Å². The molecule has 0 radical (unpaired) electrons. The first-order chi connectivity index (χ1) is 7.61. The number of hydrogen-bond acceptors (Lipinski definition) is 2. The SMILES string of the molecule is C=C(C(=O)OC)[C@@H](CC)c1ccccc1Br. The Morgan fingerprint density at radius 2 is 2.12 bits per heavy atom. The number of methoxy groups -OCH3 is 1. The van der Waals surface area contributed by atoms with E-state index in [1.165, 1.54) is 7.11 Å². The molecule has 0 unspecified atom stereocenters. The Hall–Kier alpha value is -1.09. The molecule has 0 saturated carbocycles. The summed E-state index contributed by atoms with van der Waals surface area (Å²) < 4.78 is 5.69. The van der Waals surface area contributed by atoms with Crippen LogP contribution in [0.1, 0.15) is 24.8 Å². The Bertz CT molecular complexity index is 399. The second-order valence-corrected chi connectivity index (χ2v) is 4.35. The van der Waals surface area contributed by atoms with Crippen LogP contribution in [0.4, 0.5) is 0 Å². The van der Waals surface area contributed by atoms with E-state index in [0.29, 0.717) is 5.57 Å². The van der Waals surface area contributed by atoms with Crippen molar-refractivity contribution < 1.29 is 9.53 Å². The molecule has 1 aromatic carbocycles. The number of ether oxygens (including phenoxy) is 1. The van der Waals surface area contributed by atoms with Crippen molar-refractivity contribution in [2.45, 2.75) is 19.3 Å². The lowest BCUT2D eigenvalue weighted by atomic mass is 9.90. The van der Waals surface area contributed by atoms with E-state index in [9.17, 15) is 4.79 Å². The van der Waals surface area contributed by atoms with E-state index in [2.05, 4.69) is 22.5 Å². The first-order valence-electron chi connectivity index (χ1n) is 5.13. The number of benzene rings is 1. The predicted octanol–water partition coefficient (Wildman–Crippen LogP) is 3.67. The highest BCUT2D eigenvalue weighted by atomic mass is 79.9. The van der Waals surface area contributed by atoms with Crippen LogP contribution in [0.2, 0.25) is 0 Å². The van der Waals surface area contributed by atoms with Gasteiger partial charge in [0.15, 0.2) is 0 Å². The molecule has 0 heterocycles. The lowest BCUT2D eigenvalue weighted by Gasteiger charge is -2.17. The average Bonchev–Trinajstić information content (AvgIpc) is 2.31. The van der Waals surface area contributed by atoms with Gasteiger partial charge in [0.05, 0.1) is 7.11 Å². The van der Waals surface area contributed by atoms with Crippen LogP contribution in [0.25, 0.3) is 0 Å². The minimum Gasteiger partial charge on any atom is -0.466 e. The molecule has 1 aromatic rings. The fourth-order valence-electron chi connectivity index (χ4n) is 1.69. The van der Waals surface area contributed by atoms with Crippen molar-refractivity contribution in [3.8, 4) is 0 Å². The van der Waals surface area contributed by atoms with Gasteiger partial charge in [-0.3, -0.25) is 0 Å². The fourth-order valence-corrected chi connectivity index (χ4v) is 2.25. The fraction of sp³-hybridized carbons (Fsp3) is 0.308. The molecule has 0 bridgehead atoms. The molecule has 0 aromatic heterocycles. The molecule has 0 amide bonds. The van der Waals surface area contributed by atoms with Crippen molar-refractivity contribution >= 4 is 21.9 Å². The quantitative estimate of drug-likeness (QED) is 0.622. The van der Waals surface area contributed by atoms with E-state index in [1.54, 1.807) is 0 Å². The van der Waals surface area contributed by atoms with Crippen molar-refractivity contribution in [1.82, 2.24) is 0 Å². The molecule has 0 saturated heterocycles. The van der Waals surface area contributed by atoms with E-state index in [4.69, 9.17) is 4.74 Å². The summed E-state index contributed by atoms with van der Waals surface area (Å²) in [7, 11) is 1.38. The maximum Gasteiger partial charge on any atom is 0.333 e. The predicted molar refractivity (Wildman–Crippen MR) is 68.3 cm³/mol. The summed E-state index contributed by atoms with van der Waals surface area (Å²) in [4.78, 5) is 11.5. The van der Waals surface area contributed by atoms with Crippen LogP contribution in [-0.4, -0.2) is 13.1 Å². The Labute approximate surface area is 104 Å². The first kappa shape index (κ1) is 13.0. The number of carbonyl (C=O) groups excluding carboxylic acids is 1. The normalized spacial score (nSPS) is 11.9. The molecule has 0 aliphatic carbocycles. The van der Waals surface area contributed by atoms with Crippen molar-refractivity contribution in [3.63, 3.8) is 0 Å². The third-order valence-electron chi connectivity index (χ3n) is 2.56. The molecule has 16 heavy (non-hydrogen) atoms. The third-order valence-corrected chi connectivity index (χ3v) is 3.28. The van der Waals surface area contributed by atoms with Crippen LogP contribution < -0.4 is 0 Å². The van der Waals surface area contributed by atoms with Crippen LogP contribution >= 0.6 is 15.9 Å². The van der Waals surface area contributed by atoms with Gasteiger partial charge in [0, 0.05) is 16.0 Å². The summed E-state index contributed by atoms with van der Waals surface area (Å²) in [6, 6.07) is 7.85. The maximum atomic E-state index is 11.5. The van der Waals surface area contributed by atoms with Crippen LogP contribution in [0.5, 0.6) is 0 Å². The minimum atomic E-state index is -0.345. The van der Waals surface area contributed by atoms with Gasteiger partial charge in [-0.2, -0.15) is 0 Å². The Balaban J connectivity index is 3.04. The van der Waals surface area contributed by atoms with Gasteiger partial charge in [-0.05, 0) is 18.1 Å². The lowest BCUT2D eigenvalue weighted by molar-refractivity contribution is -0.136. The van der Waals surface area contributed by atoms with Crippen molar-refractivity contribution in [1.29, 1.82) is 0 Å². The van der Waals surface area contributed by atoms with Crippen molar-refractivity contribution in [3.05, 3.63) is 46.5 Å². The molecule has 0 aliphatic heterocycles. The largest absolute Gasteiger partial charge is 0.466 e. The van der Waals surface area contributed by atoms with Crippen LogP contribution in [0, 0.1) is 0 Å². The van der Waals surface area contributed by atoms with E-state index in [1.807, 2.05) is 31.2 Å². The monoisotopic (exact) mass is 282 g/mol. The Morgan fingerprint density at radius 1 is 1.50 bits per heavy atom. The summed E-state index contributed by atoms with van der Waals surface area (Å²) >= 11 is 3.48. The molecule has 3 heteroatoms. The van der Waals surface area contributed by atoms with Crippen LogP contribution in [0.15, 0.2) is 40.9 Å². The summed E-state index contributed by atoms with van der Waals surface area (Å²) in [6.45, 7) is 5.84. The number of esters is 1. The number of halogens is 1. The topological polar surface area (TPSA) is 26.3 Å². The van der Waals surface area contributed by atoms with E-state index < -0.39 is 0 Å². The molecule has 0 fully saturated rings. The van der Waals surface area contributed by atoms with Crippen LogP contribution in [0.3, 0.4) is 0 Å². The van der Waals surface area contributed by atoms with Gasteiger partial charge >= 0.3 is 5.97 Å². The highest BCUT2D eigenvalue weighted by molar-refractivity contribution is 9.10. The number of carbonyl (C=O) groups is 1. The zero-order chi connectivity index (χ0) is 12.1. The number of rotatable bonds is 4. The second kappa shape index (κ2) is 5.85. The Morgan fingerprint density at radius 3 is 2.62 bits per heavy atom. The van der Waals surface area contributed by atoms with Crippen LogP contribution in [-0.2, 0) is 9.53 Å². The summed E-state index contributed by atoms with van der Waals surface area (Å²) in [5.41, 5.74) is 1.57. The van der Waals surface area contributed by atoms with Gasteiger partial charge in [0.2, 0.25) is 0 Å². The standard InChI is InChI=1S/C13H15BrO2/c1-4-10(9(2)13(15)16-3)11-7-5-6-8-12(11)14/h5-8,10H,2,4H2,1,3H3/t10-/m1/s1. The number of hydrogen-bond donors (Lipinski definition) is 0. The smallest absolute Gasteiger partial charge is 0.333 e. The van der Waals surface area contributed by atoms with E-state index >= 15 is 0 Å². The Kier molecular flexibility index (Phi) is 4.74. The first-order valence-corrected chi connectivity index (χ1v) is 5.92. The van der Waals surface area contributed by atoms with Gasteiger partial charge in [-0.1, -0.05) is 47.6 Å². The summed E-state index contributed by atoms with van der Waals surface area (Å²) in [5.74, 6) is -0.342. The molecule has 2 nitrogen and oxygen atoms in total. The van der Waals surface area contributed by atoms with Gasteiger partial charge in [-0.25, -0.2) is 4.79 Å². The second-order valence-electron chi connectivity index (χ2n) is 3.50. The highest BCUT2D eigenvalue weighted by Gasteiger charge is 2.21. The molecule has 86 valence electrons. The molecule has 0 aliphatic rings. The van der Waals surface area contributed by atoms with E-state index in [0.717, 1.165) is 16.5 Å². The zero-order valence-electron chi connectivity index (χ0n) is 9.50. The summed E-state index contributed by atoms with van der Waals surface area (Å²) in [5, 5.41) is 0. The molecular formula is C13H15BrO2. The van der Waals surface area contributed by atoms with Gasteiger partial charge < -0.3 is 4.74 Å². The molecule has 0 N–H and O–H groups in total. The molecule has 1 rings (SSSR count). The lowest BCUT2D eigenvalue weighted by Crippen LogP contribution is -2.12.